The summed E-state index contributed by atoms with van der Waals surface area (Å²) in [6.07, 6.45) is 0.0655. The number of carbonyl (C=O) groups is 3. The molecule has 3 aromatic rings. The molecular weight excluding hydrogens is 581 g/mol. The molecular formula is C31H37Cl2N3O4S. The normalized spacial score (nSPS) is 12.8. The van der Waals surface area contributed by atoms with E-state index in [1.807, 2.05) is 64.3 Å². The van der Waals surface area contributed by atoms with E-state index in [9.17, 15) is 14.4 Å². The third-order valence-corrected chi connectivity index (χ3v) is 8.19. The molecule has 0 fully saturated rings. The van der Waals surface area contributed by atoms with E-state index in [1.54, 1.807) is 35.2 Å². The summed E-state index contributed by atoms with van der Waals surface area (Å²) in [6.45, 7) is 10.0. The zero-order valence-electron chi connectivity index (χ0n) is 24.0. The van der Waals surface area contributed by atoms with Crippen molar-refractivity contribution in [2.24, 2.45) is 5.41 Å². The monoisotopic (exact) mass is 617 g/mol. The average molecular weight is 619 g/mol. The van der Waals surface area contributed by atoms with E-state index in [-0.39, 0.29) is 30.9 Å². The first-order valence-electron chi connectivity index (χ1n) is 13.5. The quantitative estimate of drug-likeness (QED) is 0.214. The summed E-state index contributed by atoms with van der Waals surface area (Å²) in [5.41, 5.74) is 1.69. The predicted molar refractivity (Wildman–Crippen MR) is 167 cm³/mol. The van der Waals surface area contributed by atoms with Gasteiger partial charge in [-0.25, -0.2) is 4.79 Å². The molecule has 7 nitrogen and oxygen atoms in total. The first-order chi connectivity index (χ1) is 19.4. The molecule has 0 bridgehead atoms. The second kappa shape index (κ2) is 14.7. The molecule has 3 amide bonds. The maximum Gasteiger partial charge on any atom is 0.322 e. The molecule has 41 heavy (non-hydrogen) atoms. The average Bonchev–Trinajstić information content (AvgIpc) is 3.43. The first-order valence-corrected chi connectivity index (χ1v) is 15.1. The van der Waals surface area contributed by atoms with Gasteiger partial charge in [0, 0.05) is 28.6 Å². The number of carbonyl (C=O) groups excluding carboxylic acids is 3. The number of benzene rings is 2. The zero-order chi connectivity index (χ0) is 30.2. The van der Waals surface area contributed by atoms with Crippen molar-refractivity contribution in [2.75, 3.05) is 11.9 Å². The molecule has 0 saturated heterocycles. The fraction of sp³-hybridized carbons (Fsp3) is 0.387. The number of thiophene rings is 1. The van der Waals surface area contributed by atoms with Crippen LogP contribution in [0.15, 0.2) is 60.0 Å². The molecule has 220 valence electrons. The van der Waals surface area contributed by atoms with Crippen molar-refractivity contribution in [1.29, 1.82) is 0 Å². The molecule has 0 saturated carbocycles. The number of rotatable bonds is 11. The van der Waals surface area contributed by atoms with Crippen LogP contribution in [0.1, 0.15) is 63.1 Å². The second-order valence-corrected chi connectivity index (χ2v) is 12.7. The summed E-state index contributed by atoms with van der Waals surface area (Å²) < 4.78 is 5.93. The molecule has 0 spiro atoms. The van der Waals surface area contributed by atoms with Crippen LogP contribution < -0.4 is 10.6 Å². The molecule has 0 aliphatic heterocycles. The number of hydrogen-bond acceptors (Lipinski definition) is 5. The Bertz CT molecular complexity index is 1320. The molecule has 1 aromatic heterocycles. The van der Waals surface area contributed by atoms with Gasteiger partial charge in [0.1, 0.15) is 6.10 Å². The number of nitrogens with zero attached hydrogens (tertiary/aromatic N) is 1. The van der Waals surface area contributed by atoms with Crippen LogP contribution in [-0.2, 0) is 27.3 Å². The Morgan fingerprint density at radius 1 is 1.02 bits per heavy atom. The minimum Gasteiger partial charge on any atom is -0.455 e. The lowest BCUT2D eigenvalue weighted by Gasteiger charge is -2.32. The largest absolute Gasteiger partial charge is 0.455 e. The molecule has 2 N–H and O–H groups in total. The van der Waals surface area contributed by atoms with Crippen LogP contribution in [0.2, 0.25) is 10.0 Å². The fourth-order valence-electron chi connectivity index (χ4n) is 3.89. The number of nitrogens with one attached hydrogen (secondary N) is 2. The van der Waals surface area contributed by atoms with Crippen molar-refractivity contribution in [3.05, 3.63) is 86.0 Å². The van der Waals surface area contributed by atoms with Crippen molar-refractivity contribution in [3.8, 4) is 0 Å². The maximum atomic E-state index is 13.5. The Hall–Kier alpha value is -3.07. The van der Waals surface area contributed by atoms with Gasteiger partial charge in [-0.15, -0.1) is 11.3 Å². The fourth-order valence-corrected chi connectivity index (χ4v) is 4.89. The highest BCUT2D eigenvalue weighted by Gasteiger charge is 2.27. The summed E-state index contributed by atoms with van der Waals surface area (Å²) in [5.74, 6) is -0.436. The summed E-state index contributed by atoms with van der Waals surface area (Å²) in [4.78, 5) is 41.1. The molecule has 0 radical (unpaired) electrons. The van der Waals surface area contributed by atoms with E-state index >= 15 is 0 Å². The highest BCUT2D eigenvalue weighted by atomic mass is 35.5. The van der Waals surface area contributed by atoms with Gasteiger partial charge < -0.3 is 20.3 Å². The Kier molecular flexibility index (Phi) is 11.6. The van der Waals surface area contributed by atoms with E-state index in [2.05, 4.69) is 10.6 Å². The number of esters is 1. The van der Waals surface area contributed by atoms with Gasteiger partial charge in [0.15, 0.2) is 0 Å². The van der Waals surface area contributed by atoms with Gasteiger partial charge in [0.2, 0.25) is 5.91 Å². The molecule has 2 atom stereocenters. The van der Waals surface area contributed by atoms with E-state index in [0.717, 1.165) is 10.4 Å². The standard InChI is InChI=1S/C31H37Cl2N3O4S/c1-6-20(2)36(30(39)35-23-12-9-21(10-13-23)18-34-29(38)31(3,4)5)19-27(22-11-14-25(32)26(33)16-22)40-28(37)17-24-8-7-15-41-24/h7-16,20,27H,6,17-19H2,1-5H3,(H,34,38)(H,35,39)/t20-,27-/m1/s1. The Morgan fingerprint density at radius 2 is 1.73 bits per heavy atom. The van der Waals surface area contributed by atoms with Crippen LogP contribution in [0.4, 0.5) is 10.5 Å². The zero-order valence-corrected chi connectivity index (χ0v) is 26.3. The topological polar surface area (TPSA) is 87.7 Å². The second-order valence-electron chi connectivity index (χ2n) is 10.9. The molecule has 2 aromatic carbocycles. The number of halogens is 2. The van der Waals surface area contributed by atoms with Gasteiger partial charge in [-0.1, -0.05) is 75.2 Å². The van der Waals surface area contributed by atoms with Crippen molar-refractivity contribution >= 4 is 58.1 Å². The summed E-state index contributed by atoms with van der Waals surface area (Å²) in [5, 5.41) is 8.50. The third-order valence-electron chi connectivity index (χ3n) is 6.57. The maximum absolute atomic E-state index is 13.5. The SMILES string of the molecule is CC[C@@H](C)N(C[C@@H](OC(=O)Cc1cccs1)c1ccc(Cl)c(Cl)c1)C(=O)Nc1ccc(CNC(=O)C(C)(C)C)cc1. The van der Waals surface area contributed by atoms with E-state index in [1.165, 1.54) is 11.3 Å². The lowest BCUT2D eigenvalue weighted by Crippen LogP contribution is -2.44. The van der Waals surface area contributed by atoms with E-state index in [0.29, 0.717) is 34.3 Å². The molecule has 0 unspecified atom stereocenters. The number of ether oxygens (including phenoxy) is 1. The molecule has 0 aliphatic carbocycles. The first kappa shape index (κ1) is 32.4. The smallest absolute Gasteiger partial charge is 0.322 e. The van der Waals surface area contributed by atoms with Crippen molar-refractivity contribution in [3.63, 3.8) is 0 Å². The Balaban J connectivity index is 1.75. The summed E-state index contributed by atoms with van der Waals surface area (Å²) >= 11 is 13.9. The number of amides is 3. The Morgan fingerprint density at radius 3 is 2.32 bits per heavy atom. The van der Waals surface area contributed by atoms with Crippen LogP contribution in [0.5, 0.6) is 0 Å². The van der Waals surface area contributed by atoms with E-state index < -0.39 is 17.5 Å². The van der Waals surface area contributed by atoms with Gasteiger partial charge in [0.05, 0.1) is 23.0 Å². The highest BCUT2D eigenvalue weighted by Crippen LogP contribution is 2.29. The predicted octanol–water partition coefficient (Wildman–Crippen LogP) is 7.88. The van der Waals surface area contributed by atoms with Gasteiger partial charge >= 0.3 is 12.0 Å². The van der Waals surface area contributed by atoms with Gasteiger partial charge in [-0.2, -0.15) is 0 Å². The van der Waals surface area contributed by atoms with Crippen LogP contribution in [0, 0.1) is 5.41 Å². The highest BCUT2D eigenvalue weighted by molar-refractivity contribution is 7.10. The van der Waals surface area contributed by atoms with Crippen LogP contribution in [-0.4, -0.2) is 35.4 Å². The van der Waals surface area contributed by atoms with Gasteiger partial charge in [-0.3, -0.25) is 9.59 Å². The van der Waals surface area contributed by atoms with Crippen LogP contribution in [0.3, 0.4) is 0 Å². The van der Waals surface area contributed by atoms with Gasteiger partial charge in [0.25, 0.3) is 0 Å². The minimum atomic E-state index is -0.759. The van der Waals surface area contributed by atoms with Gasteiger partial charge in [-0.05, 0) is 60.2 Å². The van der Waals surface area contributed by atoms with Crippen molar-refractivity contribution in [2.45, 2.75) is 66.2 Å². The summed E-state index contributed by atoms with van der Waals surface area (Å²) in [6, 6.07) is 15.7. The number of anilines is 1. The van der Waals surface area contributed by atoms with Crippen LogP contribution in [0.25, 0.3) is 0 Å². The van der Waals surface area contributed by atoms with Crippen molar-refractivity contribution < 1.29 is 19.1 Å². The molecule has 0 aliphatic rings. The molecule has 3 rings (SSSR count). The molecule has 10 heteroatoms. The minimum absolute atomic E-state index is 0.0355. The number of urea groups is 1. The number of hydrogen-bond donors (Lipinski definition) is 2. The Labute approximate surface area is 256 Å². The summed E-state index contributed by atoms with van der Waals surface area (Å²) in [7, 11) is 0. The van der Waals surface area contributed by atoms with Crippen LogP contribution >= 0.6 is 34.5 Å². The molecule has 1 heterocycles. The lowest BCUT2D eigenvalue weighted by atomic mass is 9.95. The third kappa shape index (κ3) is 9.76. The van der Waals surface area contributed by atoms with E-state index in [4.69, 9.17) is 27.9 Å². The lowest BCUT2D eigenvalue weighted by molar-refractivity contribution is -0.149. The van der Waals surface area contributed by atoms with Crippen molar-refractivity contribution in [1.82, 2.24) is 10.2 Å².